The third kappa shape index (κ3) is 5.85. The molecule has 5 heteroatoms. The zero-order valence-corrected chi connectivity index (χ0v) is 13.6. The molecule has 0 radical (unpaired) electrons. The summed E-state index contributed by atoms with van der Waals surface area (Å²) in [5.41, 5.74) is 2.30. The Kier molecular flexibility index (Phi) is 6.32. The normalized spacial score (nSPS) is 17.1. The summed E-state index contributed by atoms with van der Waals surface area (Å²) in [7, 11) is 0. The second-order valence-corrected chi connectivity index (χ2v) is 6.12. The third-order valence-corrected chi connectivity index (χ3v) is 4.18. The van der Waals surface area contributed by atoms with Gasteiger partial charge in [0.2, 0.25) is 11.8 Å². The van der Waals surface area contributed by atoms with Crippen LogP contribution < -0.4 is 10.6 Å². The van der Waals surface area contributed by atoms with Crippen molar-refractivity contribution in [2.24, 2.45) is 5.92 Å². The first-order valence-corrected chi connectivity index (χ1v) is 8.16. The summed E-state index contributed by atoms with van der Waals surface area (Å²) >= 11 is 0. The summed E-state index contributed by atoms with van der Waals surface area (Å²) < 4.78 is 0. The zero-order valence-electron chi connectivity index (χ0n) is 13.6. The van der Waals surface area contributed by atoms with Gasteiger partial charge < -0.3 is 10.6 Å². The molecule has 23 heavy (non-hydrogen) atoms. The summed E-state index contributed by atoms with van der Waals surface area (Å²) in [5, 5.41) is 5.33. The highest BCUT2D eigenvalue weighted by Crippen LogP contribution is 2.20. The summed E-state index contributed by atoms with van der Waals surface area (Å²) in [6.45, 7) is 2.37. The molecule has 1 atom stereocenters. The molecule has 0 spiro atoms. The van der Waals surface area contributed by atoms with Crippen LogP contribution in [0.4, 0.5) is 0 Å². The van der Waals surface area contributed by atoms with Crippen LogP contribution >= 0.6 is 0 Å². The number of carbonyl (C=O) groups excluding carboxylic acids is 3. The SMILES string of the molecule is Cc1ccc(CCC(=O)NCC(=O)NCC2CCCC2=O)cc1. The fourth-order valence-electron chi connectivity index (χ4n) is 2.68. The number of nitrogens with one attached hydrogen (secondary N) is 2. The van der Waals surface area contributed by atoms with Crippen LogP contribution in [0, 0.1) is 12.8 Å². The molecule has 1 aromatic carbocycles. The fraction of sp³-hybridized carbons (Fsp3) is 0.500. The van der Waals surface area contributed by atoms with Crippen molar-refractivity contribution >= 4 is 17.6 Å². The number of hydrogen-bond donors (Lipinski definition) is 2. The number of ketones is 1. The lowest BCUT2D eigenvalue weighted by atomic mass is 10.1. The van der Waals surface area contributed by atoms with Gasteiger partial charge in [0, 0.05) is 25.3 Å². The number of aryl methyl sites for hydroxylation is 2. The van der Waals surface area contributed by atoms with Gasteiger partial charge >= 0.3 is 0 Å². The van der Waals surface area contributed by atoms with E-state index in [2.05, 4.69) is 10.6 Å². The first-order valence-electron chi connectivity index (χ1n) is 8.16. The Morgan fingerprint density at radius 2 is 1.87 bits per heavy atom. The summed E-state index contributed by atoms with van der Waals surface area (Å²) in [4.78, 5) is 34.9. The Hall–Kier alpha value is -2.17. The van der Waals surface area contributed by atoms with Crippen molar-refractivity contribution in [3.05, 3.63) is 35.4 Å². The molecule has 0 saturated heterocycles. The minimum absolute atomic E-state index is 0.0341. The molecule has 1 unspecified atom stereocenters. The highest BCUT2D eigenvalue weighted by molar-refractivity contribution is 5.86. The van der Waals surface area contributed by atoms with Crippen LogP contribution in [0.3, 0.4) is 0 Å². The van der Waals surface area contributed by atoms with Crippen LogP contribution in [-0.2, 0) is 20.8 Å². The van der Waals surface area contributed by atoms with E-state index in [0.717, 1.165) is 18.4 Å². The second-order valence-electron chi connectivity index (χ2n) is 6.12. The molecule has 1 aliphatic rings. The first kappa shape index (κ1) is 17.2. The van der Waals surface area contributed by atoms with E-state index in [-0.39, 0.29) is 30.1 Å². The van der Waals surface area contributed by atoms with Crippen LogP contribution in [0.2, 0.25) is 0 Å². The average molecular weight is 316 g/mol. The average Bonchev–Trinajstić information content (AvgIpc) is 2.95. The van der Waals surface area contributed by atoms with Gasteiger partial charge in [0.1, 0.15) is 5.78 Å². The Bertz CT molecular complexity index is 566. The largest absolute Gasteiger partial charge is 0.354 e. The third-order valence-electron chi connectivity index (χ3n) is 4.18. The molecule has 1 aliphatic carbocycles. The molecule has 5 nitrogen and oxygen atoms in total. The zero-order chi connectivity index (χ0) is 16.7. The van der Waals surface area contributed by atoms with Crippen molar-refractivity contribution in [1.82, 2.24) is 10.6 Å². The van der Waals surface area contributed by atoms with E-state index < -0.39 is 0 Å². The predicted octanol–water partition coefficient (Wildman–Crippen LogP) is 1.53. The molecule has 124 valence electrons. The Morgan fingerprint density at radius 1 is 1.13 bits per heavy atom. The van der Waals surface area contributed by atoms with Gasteiger partial charge in [-0.05, 0) is 31.7 Å². The van der Waals surface area contributed by atoms with Gasteiger partial charge in [0.15, 0.2) is 0 Å². The van der Waals surface area contributed by atoms with E-state index in [4.69, 9.17) is 0 Å². The van der Waals surface area contributed by atoms with Crippen LogP contribution in [0.25, 0.3) is 0 Å². The number of benzene rings is 1. The first-order chi connectivity index (χ1) is 11.0. The van der Waals surface area contributed by atoms with Gasteiger partial charge in [-0.25, -0.2) is 0 Å². The van der Waals surface area contributed by atoms with E-state index in [1.54, 1.807) is 0 Å². The number of amides is 2. The molecular weight excluding hydrogens is 292 g/mol. The molecule has 1 saturated carbocycles. The monoisotopic (exact) mass is 316 g/mol. The van der Waals surface area contributed by atoms with Gasteiger partial charge in [-0.3, -0.25) is 14.4 Å². The molecule has 0 heterocycles. The van der Waals surface area contributed by atoms with E-state index >= 15 is 0 Å². The van der Waals surface area contributed by atoms with Crippen molar-refractivity contribution in [2.75, 3.05) is 13.1 Å². The molecule has 2 rings (SSSR count). The molecule has 0 aromatic heterocycles. The van der Waals surface area contributed by atoms with E-state index in [1.807, 2.05) is 31.2 Å². The molecule has 0 aliphatic heterocycles. The fourth-order valence-corrected chi connectivity index (χ4v) is 2.68. The molecule has 1 fully saturated rings. The smallest absolute Gasteiger partial charge is 0.239 e. The van der Waals surface area contributed by atoms with Crippen molar-refractivity contribution < 1.29 is 14.4 Å². The maximum atomic E-state index is 11.8. The van der Waals surface area contributed by atoms with Gasteiger partial charge in [0.25, 0.3) is 0 Å². The highest BCUT2D eigenvalue weighted by atomic mass is 16.2. The predicted molar refractivity (Wildman–Crippen MR) is 87.9 cm³/mol. The Morgan fingerprint density at radius 3 is 2.52 bits per heavy atom. The number of Topliss-reactive ketones (excluding diaryl/α,β-unsaturated/α-hetero) is 1. The van der Waals surface area contributed by atoms with Gasteiger partial charge in [0.05, 0.1) is 6.54 Å². The van der Waals surface area contributed by atoms with E-state index in [0.29, 0.717) is 25.8 Å². The van der Waals surface area contributed by atoms with Crippen LogP contribution in [0.1, 0.15) is 36.8 Å². The van der Waals surface area contributed by atoms with Crippen molar-refractivity contribution in [1.29, 1.82) is 0 Å². The molecule has 1 aromatic rings. The highest BCUT2D eigenvalue weighted by Gasteiger charge is 2.24. The topological polar surface area (TPSA) is 75.3 Å². The lowest BCUT2D eigenvalue weighted by Crippen LogP contribution is -2.39. The lowest BCUT2D eigenvalue weighted by Gasteiger charge is -2.10. The van der Waals surface area contributed by atoms with Crippen molar-refractivity contribution in [2.45, 2.75) is 39.0 Å². The van der Waals surface area contributed by atoms with Gasteiger partial charge in [-0.1, -0.05) is 29.8 Å². The van der Waals surface area contributed by atoms with E-state index in [9.17, 15) is 14.4 Å². The second kappa shape index (κ2) is 8.46. The minimum Gasteiger partial charge on any atom is -0.354 e. The van der Waals surface area contributed by atoms with Crippen molar-refractivity contribution in [3.8, 4) is 0 Å². The summed E-state index contributed by atoms with van der Waals surface area (Å²) in [6, 6.07) is 8.05. The number of carbonyl (C=O) groups is 3. The quantitative estimate of drug-likeness (QED) is 0.801. The number of rotatable bonds is 7. The van der Waals surface area contributed by atoms with Crippen LogP contribution in [-0.4, -0.2) is 30.7 Å². The molecule has 2 N–H and O–H groups in total. The van der Waals surface area contributed by atoms with E-state index in [1.165, 1.54) is 5.56 Å². The van der Waals surface area contributed by atoms with Crippen LogP contribution in [0.15, 0.2) is 24.3 Å². The maximum absolute atomic E-state index is 11.8. The molecule has 2 amide bonds. The molecular formula is C18H24N2O3. The Balaban J connectivity index is 1.60. The molecule has 0 bridgehead atoms. The van der Waals surface area contributed by atoms with Gasteiger partial charge in [-0.2, -0.15) is 0 Å². The van der Waals surface area contributed by atoms with Crippen molar-refractivity contribution in [3.63, 3.8) is 0 Å². The van der Waals surface area contributed by atoms with Crippen LogP contribution in [0.5, 0.6) is 0 Å². The lowest BCUT2D eigenvalue weighted by molar-refractivity contribution is -0.126. The minimum atomic E-state index is -0.242. The number of hydrogen-bond acceptors (Lipinski definition) is 3. The van der Waals surface area contributed by atoms with Gasteiger partial charge in [-0.15, -0.1) is 0 Å². The maximum Gasteiger partial charge on any atom is 0.239 e. The standard InChI is InChI=1S/C18H24N2O3/c1-13-5-7-14(8-6-13)9-10-17(22)20-12-18(23)19-11-15-3-2-4-16(15)21/h5-8,15H,2-4,9-12H2,1H3,(H,19,23)(H,20,22). The Labute approximate surface area is 136 Å². The summed E-state index contributed by atoms with van der Waals surface area (Å²) in [6.07, 6.45) is 3.40. The summed E-state index contributed by atoms with van der Waals surface area (Å²) in [5.74, 6) is -0.199.